The number of hydrogen-bond acceptors (Lipinski definition) is 6. The fraction of sp³-hybridized carbons (Fsp3) is 0.524. The number of carbonyl (C=O) groups is 1. The van der Waals surface area contributed by atoms with Crippen LogP contribution in [0.4, 0.5) is 0 Å². The Hall–Kier alpha value is -2.33. The Labute approximate surface area is 172 Å². The quantitative estimate of drug-likeness (QED) is 0.311. The lowest BCUT2D eigenvalue weighted by Crippen LogP contribution is -2.56. The largest absolute Gasteiger partial charge is 0.507 e. The van der Waals surface area contributed by atoms with Gasteiger partial charge in [-0.3, -0.25) is 10.1 Å². The highest BCUT2D eigenvalue weighted by Crippen LogP contribution is 2.40. The molecule has 1 heterocycles. The van der Waals surface area contributed by atoms with Gasteiger partial charge in [0, 0.05) is 18.2 Å². The van der Waals surface area contributed by atoms with Crippen LogP contribution < -0.4 is 10.6 Å². The summed E-state index contributed by atoms with van der Waals surface area (Å²) in [6, 6.07) is 3.85. The molecule has 6 nitrogen and oxygen atoms in total. The van der Waals surface area contributed by atoms with Crippen LogP contribution in [-0.4, -0.2) is 34.3 Å². The maximum atomic E-state index is 12.6. The van der Waals surface area contributed by atoms with Crippen LogP contribution in [0.5, 0.6) is 5.75 Å². The molecule has 1 aromatic carbocycles. The minimum absolute atomic E-state index is 0.256. The van der Waals surface area contributed by atoms with E-state index in [1.807, 2.05) is 24.6 Å². The molecule has 1 aliphatic rings. The molecule has 2 rings (SSSR count). The van der Waals surface area contributed by atoms with Gasteiger partial charge < -0.3 is 15.3 Å². The summed E-state index contributed by atoms with van der Waals surface area (Å²) in [4.78, 5) is 14.4. The maximum Gasteiger partial charge on any atom is 0.271 e. The van der Waals surface area contributed by atoms with Crippen molar-refractivity contribution in [3.63, 3.8) is 0 Å². The predicted molar refractivity (Wildman–Crippen MR) is 114 cm³/mol. The van der Waals surface area contributed by atoms with Crippen molar-refractivity contribution >= 4 is 23.7 Å². The SMILES string of the molecule is CSC1(NC#N)NC(=O)C(=Cc2cc(C(C)(C)C)c(O)c(C(C)(C)C)c2)N1C. The number of carbonyl (C=O) groups excluding carboxylic acids is 1. The molecular weight excluding hydrogens is 372 g/mol. The maximum absolute atomic E-state index is 12.6. The standard InChI is InChI=1S/C21H30N4O2S/c1-19(2,3)14-9-13(10-15(17(14)26)20(4,5)6)11-16-18(27)24-21(28-8,23-12-22)25(16)7/h9-11,23,26H,1-8H3,(H,24,27). The van der Waals surface area contributed by atoms with Gasteiger partial charge in [0.05, 0.1) is 0 Å². The van der Waals surface area contributed by atoms with E-state index in [-0.39, 0.29) is 16.7 Å². The number of hydrogen-bond donors (Lipinski definition) is 3. The van der Waals surface area contributed by atoms with Crippen molar-refractivity contribution < 1.29 is 9.90 Å². The molecule has 1 atom stereocenters. The monoisotopic (exact) mass is 402 g/mol. The molecule has 0 radical (unpaired) electrons. The van der Waals surface area contributed by atoms with E-state index in [4.69, 9.17) is 5.26 Å². The Morgan fingerprint density at radius 2 is 1.71 bits per heavy atom. The van der Waals surface area contributed by atoms with Crippen LogP contribution in [0.25, 0.3) is 6.08 Å². The van der Waals surface area contributed by atoms with Crippen molar-refractivity contribution in [2.75, 3.05) is 13.3 Å². The van der Waals surface area contributed by atoms with Crippen molar-refractivity contribution in [2.24, 2.45) is 0 Å². The molecule has 1 saturated heterocycles. The minimum atomic E-state index is -1.01. The normalized spacial score (nSPS) is 21.6. The van der Waals surface area contributed by atoms with E-state index in [0.29, 0.717) is 11.4 Å². The van der Waals surface area contributed by atoms with Crippen molar-refractivity contribution in [1.29, 1.82) is 5.26 Å². The van der Waals surface area contributed by atoms with Gasteiger partial charge in [-0.2, -0.15) is 5.26 Å². The van der Waals surface area contributed by atoms with Gasteiger partial charge in [-0.15, -0.1) is 0 Å². The summed E-state index contributed by atoms with van der Waals surface area (Å²) >= 11 is 1.33. The van der Waals surface area contributed by atoms with Crippen LogP contribution in [0.1, 0.15) is 58.2 Å². The van der Waals surface area contributed by atoms with Gasteiger partial charge in [-0.25, -0.2) is 0 Å². The zero-order valence-electron chi connectivity index (χ0n) is 17.9. The molecular formula is C21H30N4O2S. The van der Waals surface area contributed by atoms with Gasteiger partial charge in [0.25, 0.3) is 5.91 Å². The second kappa shape index (κ2) is 7.25. The molecule has 0 saturated carbocycles. The summed E-state index contributed by atoms with van der Waals surface area (Å²) in [7, 11) is 1.76. The molecule has 1 amide bonds. The van der Waals surface area contributed by atoms with E-state index in [1.165, 1.54) is 11.8 Å². The van der Waals surface area contributed by atoms with Crippen molar-refractivity contribution in [3.05, 3.63) is 34.5 Å². The molecule has 152 valence electrons. The first-order valence-corrected chi connectivity index (χ1v) is 10.4. The highest BCUT2D eigenvalue weighted by molar-refractivity contribution is 7.99. The smallest absolute Gasteiger partial charge is 0.271 e. The summed E-state index contributed by atoms with van der Waals surface area (Å²) in [5.74, 6) is 0.0401. The van der Waals surface area contributed by atoms with Crippen LogP contribution in [0.2, 0.25) is 0 Å². The third kappa shape index (κ3) is 3.93. The molecule has 3 N–H and O–H groups in total. The Balaban J connectivity index is 2.66. The summed E-state index contributed by atoms with van der Waals surface area (Å²) < 4.78 is 0. The van der Waals surface area contributed by atoms with E-state index in [0.717, 1.165) is 16.7 Å². The lowest BCUT2D eigenvalue weighted by Gasteiger charge is -2.33. The molecule has 1 unspecified atom stereocenters. The molecule has 0 bridgehead atoms. The molecule has 0 spiro atoms. The number of nitrogens with one attached hydrogen (secondary N) is 2. The van der Waals surface area contributed by atoms with Gasteiger partial charge in [0.15, 0.2) is 6.19 Å². The number of thioether (sulfide) groups is 1. The zero-order chi connectivity index (χ0) is 21.5. The molecule has 0 aliphatic carbocycles. The number of phenolic OH excluding ortho intramolecular Hbond substituents is 1. The molecule has 7 heteroatoms. The first-order valence-electron chi connectivity index (χ1n) is 9.14. The minimum Gasteiger partial charge on any atom is -0.507 e. The van der Waals surface area contributed by atoms with E-state index in [9.17, 15) is 9.90 Å². The fourth-order valence-electron chi connectivity index (χ4n) is 3.26. The second-order valence-electron chi connectivity index (χ2n) is 9.09. The number of amides is 1. The summed E-state index contributed by atoms with van der Waals surface area (Å²) in [6.07, 6.45) is 5.54. The number of nitrogens with zero attached hydrogens (tertiary/aromatic N) is 2. The Bertz CT molecular complexity index is 824. The van der Waals surface area contributed by atoms with Gasteiger partial charge in [-0.1, -0.05) is 53.3 Å². The number of likely N-dealkylation sites (N-methyl/N-ethyl adjacent to an activating group) is 1. The number of rotatable bonds is 3. The highest BCUT2D eigenvalue weighted by Gasteiger charge is 2.45. The van der Waals surface area contributed by atoms with Crippen molar-refractivity contribution in [1.82, 2.24) is 15.5 Å². The van der Waals surface area contributed by atoms with Crippen molar-refractivity contribution in [2.45, 2.75) is 57.5 Å². The predicted octanol–water partition coefficient (Wildman–Crippen LogP) is 3.43. The average molecular weight is 403 g/mol. The van der Waals surface area contributed by atoms with Crippen LogP contribution in [-0.2, 0) is 15.6 Å². The Morgan fingerprint density at radius 3 is 2.11 bits per heavy atom. The molecule has 1 aliphatic heterocycles. The molecule has 0 aromatic heterocycles. The van der Waals surface area contributed by atoms with E-state index in [1.54, 1.807) is 18.0 Å². The lowest BCUT2D eigenvalue weighted by atomic mass is 9.78. The highest BCUT2D eigenvalue weighted by atomic mass is 32.2. The van der Waals surface area contributed by atoms with Crippen LogP contribution in [0.15, 0.2) is 17.8 Å². The molecule has 1 aromatic rings. The first-order chi connectivity index (χ1) is 12.8. The van der Waals surface area contributed by atoms with Crippen LogP contribution >= 0.6 is 11.8 Å². The van der Waals surface area contributed by atoms with Gasteiger partial charge in [0.1, 0.15) is 11.4 Å². The number of nitriles is 1. The second-order valence-corrected chi connectivity index (χ2v) is 10.1. The summed E-state index contributed by atoms with van der Waals surface area (Å²) in [5, 5.41) is 24.5. The van der Waals surface area contributed by atoms with Gasteiger partial charge in [-0.05, 0) is 40.9 Å². The number of phenols is 1. The van der Waals surface area contributed by atoms with Gasteiger partial charge >= 0.3 is 0 Å². The van der Waals surface area contributed by atoms with Crippen LogP contribution in [0.3, 0.4) is 0 Å². The summed E-state index contributed by atoms with van der Waals surface area (Å²) in [6.45, 7) is 12.3. The van der Waals surface area contributed by atoms with E-state index < -0.39 is 5.12 Å². The third-order valence-corrected chi connectivity index (χ3v) is 5.99. The number of aromatic hydroxyl groups is 1. The van der Waals surface area contributed by atoms with Crippen LogP contribution in [0, 0.1) is 11.5 Å². The fourth-order valence-corrected chi connectivity index (χ4v) is 3.97. The van der Waals surface area contributed by atoms with Crippen molar-refractivity contribution in [3.8, 4) is 11.9 Å². The number of benzene rings is 1. The Morgan fingerprint density at radius 1 is 1.21 bits per heavy atom. The Kier molecular flexibility index (Phi) is 5.69. The van der Waals surface area contributed by atoms with Gasteiger partial charge in [0.2, 0.25) is 5.12 Å². The van der Waals surface area contributed by atoms with E-state index >= 15 is 0 Å². The topological polar surface area (TPSA) is 88.4 Å². The average Bonchev–Trinajstić information content (AvgIpc) is 2.79. The summed E-state index contributed by atoms with van der Waals surface area (Å²) in [5.41, 5.74) is 2.43. The molecule has 28 heavy (non-hydrogen) atoms. The lowest BCUT2D eigenvalue weighted by molar-refractivity contribution is -0.116. The molecule has 1 fully saturated rings. The first kappa shape index (κ1) is 22.0. The zero-order valence-corrected chi connectivity index (χ0v) is 18.7. The third-order valence-electron chi connectivity index (χ3n) is 4.92. The van der Waals surface area contributed by atoms with E-state index in [2.05, 4.69) is 52.2 Å².